The number of esters is 1. The Kier molecular flexibility index (Phi) is 6.45. The molecule has 0 aliphatic heterocycles. The van der Waals surface area contributed by atoms with E-state index >= 15 is 0 Å². The summed E-state index contributed by atoms with van der Waals surface area (Å²) in [5, 5.41) is 12.3. The van der Waals surface area contributed by atoms with Crippen LogP contribution in [0.5, 0.6) is 11.5 Å². The van der Waals surface area contributed by atoms with E-state index in [4.69, 9.17) is 9.47 Å². The van der Waals surface area contributed by atoms with Crippen LogP contribution in [0.1, 0.15) is 49.4 Å². The Hall–Kier alpha value is -2.75. The van der Waals surface area contributed by atoms with E-state index in [1.165, 1.54) is 26.4 Å². The molecule has 140 valence electrons. The SMILES string of the molecule is COC(=O)c1ccc(O[C@@H](C)C(=O)NC2(C#N)CCCCC2)c(OC)c1. The van der Waals surface area contributed by atoms with Gasteiger partial charge >= 0.3 is 5.97 Å². The van der Waals surface area contributed by atoms with Gasteiger partial charge in [0, 0.05) is 0 Å². The van der Waals surface area contributed by atoms with Crippen molar-refractivity contribution in [3.63, 3.8) is 0 Å². The van der Waals surface area contributed by atoms with Crippen molar-refractivity contribution < 1.29 is 23.8 Å². The number of nitriles is 1. The summed E-state index contributed by atoms with van der Waals surface area (Å²) in [6, 6.07) is 6.83. The molecular formula is C19H24N2O5. The van der Waals surface area contributed by atoms with Crippen molar-refractivity contribution in [3.05, 3.63) is 23.8 Å². The fourth-order valence-corrected chi connectivity index (χ4v) is 3.01. The molecule has 7 nitrogen and oxygen atoms in total. The molecule has 0 radical (unpaired) electrons. The number of hydrogen-bond donors (Lipinski definition) is 1. The first-order valence-electron chi connectivity index (χ1n) is 8.61. The van der Waals surface area contributed by atoms with Crippen molar-refractivity contribution in [1.29, 1.82) is 5.26 Å². The molecule has 0 bridgehead atoms. The minimum absolute atomic E-state index is 0.319. The Balaban J connectivity index is 2.08. The summed E-state index contributed by atoms with van der Waals surface area (Å²) >= 11 is 0. The molecule has 1 aliphatic carbocycles. The first-order valence-corrected chi connectivity index (χ1v) is 8.61. The number of methoxy groups -OCH3 is 2. The van der Waals surface area contributed by atoms with E-state index < -0.39 is 17.6 Å². The summed E-state index contributed by atoms with van der Waals surface area (Å²) in [5.74, 6) is -0.195. The van der Waals surface area contributed by atoms with E-state index in [0.717, 1.165) is 19.3 Å². The molecule has 2 rings (SSSR count). The van der Waals surface area contributed by atoms with Gasteiger partial charge in [0.1, 0.15) is 5.54 Å². The van der Waals surface area contributed by atoms with Gasteiger partial charge in [-0.3, -0.25) is 4.79 Å². The maximum atomic E-state index is 12.5. The molecule has 1 amide bonds. The number of carbonyl (C=O) groups is 2. The van der Waals surface area contributed by atoms with Crippen molar-refractivity contribution in [1.82, 2.24) is 5.32 Å². The third kappa shape index (κ3) is 4.45. The minimum atomic E-state index is -0.819. The maximum Gasteiger partial charge on any atom is 0.337 e. The van der Waals surface area contributed by atoms with Gasteiger partial charge in [-0.15, -0.1) is 0 Å². The summed E-state index contributed by atoms with van der Waals surface area (Å²) in [5.41, 5.74) is -0.495. The van der Waals surface area contributed by atoms with Crippen LogP contribution in [0.4, 0.5) is 0 Å². The Morgan fingerprint density at radius 1 is 1.19 bits per heavy atom. The topological polar surface area (TPSA) is 97.6 Å². The van der Waals surface area contributed by atoms with Crippen LogP contribution >= 0.6 is 0 Å². The Morgan fingerprint density at radius 2 is 1.88 bits per heavy atom. The molecule has 26 heavy (non-hydrogen) atoms. The van der Waals surface area contributed by atoms with Crippen LogP contribution < -0.4 is 14.8 Å². The summed E-state index contributed by atoms with van der Waals surface area (Å²) in [6.07, 6.45) is 3.41. The van der Waals surface area contributed by atoms with Crippen LogP contribution in [-0.2, 0) is 9.53 Å². The monoisotopic (exact) mass is 360 g/mol. The van der Waals surface area contributed by atoms with Gasteiger partial charge in [-0.1, -0.05) is 19.3 Å². The Bertz CT molecular complexity index is 704. The molecule has 0 spiro atoms. The lowest BCUT2D eigenvalue weighted by molar-refractivity contribution is -0.129. The molecule has 1 aliphatic rings. The lowest BCUT2D eigenvalue weighted by atomic mass is 9.83. The van der Waals surface area contributed by atoms with Crippen LogP contribution in [0.3, 0.4) is 0 Å². The molecule has 0 unspecified atom stereocenters. The Morgan fingerprint density at radius 3 is 2.46 bits per heavy atom. The molecule has 1 N–H and O–H groups in total. The third-order valence-corrected chi connectivity index (χ3v) is 4.54. The predicted molar refractivity (Wildman–Crippen MR) is 94.0 cm³/mol. The van der Waals surface area contributed by atoms with Gasteiger partial charge in [-0.2, -0.15) is 5.26 Å². The first kappa shape index (κ1) is 19.6. The predicted octanol–water partition coefficient (Wildman–Crippen LogP) is 2.59. The molecule has 1 saturated carbocycles. The normalized spacial score (nSPS) is 16.7. The lowest BCUT2D eigenvalue weighted by Gasteiger charge is -2.32. The zero-order chi connectivity index (χ0) is 19.2. The molecule has 1 aromatic rings. The number of carbonyl (C=O) groups excluding carboxylic acids is 2. The number of ether oxygens (including phenoxy) is 3. The van der Waals surface area contributed by atoms with E-state index in [9.17, 15) is 14.9 Å². The highest BCUT2D eigenvalue weighted by atomic mass is 16.5. The zero-order valence-electron chi connectivity index (χ0n) is 15.3. The second kappa shape index (κ2) is 8.56. The van der Waals surface area contributed by atoms with Crippen molar-refractivity contribution >= 4 is 11.9 Å². The minimum Gasteiger partial charge on any atom is -0.493 e. The van der Waals surface area contributed by atoms with Gasteiger partial charge in [0.2, 0.25) is 0 Å². The number of rotatable bonds is 6. The third-order valence-electron chi connectivity index (χ3n) is 4.54. The molecular weight excluding hydrogens is 336 g/mol. The Labute approximate surface area is 153 Å². The lowest BCUT2D eigenvalue weighted by Crippen LogP contribution is -2.52. The van der Waals surface area contributed by atoms with Gasteiger partial charge in [0.15, 0.2) is 17.6 Å². The van der Waals surface area contributed by atoms with E-state index in [-0.39, 0.29) is 5.91 Å². The maximum absolute atomic E-state index is 12.5. The van der Waals surface area contributed by atoms with Gasteiger partial charge in [0.05, 0.1) is 25.9 Å². The molecule has 0 saturated heterocycles. The first-order chi connectivity index (χ1) is 12.4. The fraction of sp³-hybridized carbons (Fsp3) is 0.526. The average Bonchev–Trinajstić information content (AvgIpc) is 2.68. The van der Waals surface area contributed by atoms with Crippen molar-refractivity contribution in [2.75, 3.05) is 14.2 Å². The standard InChI is InChI=1S/C19H24N2O5/c1-13(17(22)21-19(12-20)9-5-4-6-10-19)26-15-8-7-14(18(23)25-3)11-16(15)24-2/h7-8,11,13H,4-6,9-10H2,1-3H3,(H,21,22)/t13-/m0/s1. The summed E-state index contributed by atoms with van der Waals surface area (Å²) in [4.78, 5) is 24.1. The van der Waals surface area contributed by atoms with Gasteiger partial charge in [-0.25, -0.2) is 4.79 Å². The summed E-state index contributed by atoms with van der Waals surface area (Å²) in [6.45, 7) is 1.61. The highest BCUT2D eigenvalue weighted by Gasteiger charge is 2.35. The van der Waals surface area contributed by atoms with Gasteiger partial charge < -0.3 is 19.5 Å². The number of nitrogens with one attached hydrogen (secondary N) is 1. The van der Waals surface area contributed by atoms with Crippen molar-refractivity contribution in [3.8, 4) is 17.6 Å². The molecule has 0 heterocycles. The second-order valence-electron chi connectivity index (χ2n) is 6.36. The summed E-state index contributed by atoms with van der Waals surface area (Å²) < 4.78 is 15.6. The van der Waals surface area contributed by atoms with E-state index in [1.807, 2.05) is 0 Å². The smallest absolute Gasteiger partial charge is 0.337 e. The number of amides is 1. The van der Waals surface area contributed by atoms with Crippen LogP contribution in [-0.4, -0.2) is 37.7 Å². The fourth-order valence-electron chi connectivity index (χ4n) is 3.01. The quantitative estimate of drug-likeness (QED) is 0.783. The van der Waals surface area contributed by atoms with E-state index in [0.29, 0.717) is 29.9 Å². The molecule has 0 aromatic heterocycles. The van der Waals surface area contributed by atoms with Crippen LogP contribution in [0.25, 0.3) is 0 Å². The van der Waals surface area contributed by atoms with Crippen molar-refractivity contribution in [2.24, 2.45) is 0 Å². The molecule has 7 heteroatoms. The zero-order valence-corrected chi connectivity index (χ0v) is 15.3. The average molecular weight is 360 g/mol. The van der Waals surface area contributed by atoms with E-state index in [2.05, 4.69) is 16.1 Å². The molecule has 1 aromatic carbocycles. The highest BCUT2D eigenvalue weighted by Crippen LogP contribution is 2.30. The molecule has 1 atom stereocenters. The van der Waals surface area contributed by atoms with Crippen molar-refractivity contribution in [2.45, 2.75) is 50.7 Å². The number of hydrogen-bond acceptors (Lipinski definition) is 6. The van der Waals surface area contributed by atoms with Gasteiger partial charge in [-0.05, 0) is 38.0 Å². The van der Waals surface area contributed by atoms with E-state index in [1.54, 1.807) is 13.0 Å². The van der Waals surface area contributed by atoms with Gasteiger partial charge in [0.25, 0.3) is 5.91 Å². The van der Waals surface area contributed by atoms with Crippen LogP contribution in [0.15, 0.2) is 18.2 Å². The summed E-state index contributed by atoms with van der Waals surface area (Å²) in [7, 11) is 2.74. The van der Waals surface area contributed by atoms with Crippen LogP contribution in [0.2, 0.25) is 0 Å². The highest BCUT2D eigenvalue weighted by molar-refractivity contribution is 5.90. The number of nitrogens with zero attached hydrogens (tertiary/aromatic N) is 1. The second-order valence-corrected chi connectivity index (χ2v) is 6.36. The largest absolute Gasteiger partial charge is 0.493 e. The number of benzene rings is 1. The molecule has 1 fully saturated rings. The van der Waals surface area contributed by atoms with Crippen LogP contribution in [0, 0.1) is 11.3 Å².